The van der Waals surface area contributed by atoms with Crippen LogP contribution in [0.2, 0.25) is 0 Å². The molecular formula is C12H20ClN3O. The Bertz CT molecular complexity index is 333. The minimum atomic E-state index is 0.0879. The zero-order valence-electron chi connectivity index (χ0n) is 10.6. The van der Waals surface area contributed by atoms with Crippen LogP contribution >= 0.6 is 11.6 Å². The molecule has 0 aliphatic carbocycles. The van der Waals surface area contributed by atoms with E-state index in [1.165, 1.54) is 6.33 Å². The fourth-order valence-corrected chi connectivity index (χ4v) is 1.24. The molecular weight excluding hydrogens is 238 g/mol. The first-order valence-electron chi connectivity index (χ1n) is 5.96. The fraction of sp³-hybridized carbons (Fsp3) is 0.667. The Labute approximate surface area is 108 Å². The lowest BCUT2D eigenvalue weighted by atomic mass is 10.1. The molecule has 1 aromatic rings. The highest BCUT2D eigenvalue weighted by Gasteiger charge is 2.09. The van der Waals surface area contributed by atoms with E-state index in [1.807, 2.05) is 0 Å². The number of hydrogen-bond donors (Lipinski definition) is 1. The van der Waals surface area contributed by atoms with Gasteiger partial charge in [-0.3, -0.25) is 0 Å². The van der Waals surface area contributed by atoms with Gasteiger partial charge in [0.2, 0.25) is 5.88 Å². The highest BCUT2D eigenvalue weighted by Crippen LogP contribution is 2.14. The highest BCUT2D eigenvalue weighted by atomic mass is 35.5. The minimum Gasteiger partial charge on any atom is -0.478 e. The van der Waals surface area contributed by atoms with Crippen LogP contribution in [0.15, 0.2) is 12.4 Å². The number of nitrogens with zero attached hydrogens (tertiary/aromatic N) is 2. The number of ether oxygens (including phenoxy) is 1. The summed E-state index contributed by atoms with van der Waals surface area (Å²) in [5.41, 5.74) is 0. The summed E-state index contributed by atoms with van der Waals surface area (Å²) >= 11 is 6.15. The number of hydrogen-bond acceptors (Lipinski definition) is 4. The highest BCUT2D eigenvalue weighted by molar-refractivity contribution is 6.21. The number of anilines is 1. The topological polar surface area (TPSA) is 47.0 Å². The predicted molar refractivity (Wildman–Crippen MR) is 70.8 cm³/mol. The van der Waals surface area contributed by atoms with Gasteiger partial charge in [0.05, 0.1) is 12.0 Å². The quantitative estimate of drug-likeness (QED) is 0.763. The van der Waals surface area contributed by atoms with Crippen LogP contribution in [0.1, 0.15) is 27.2 Å². The molecule has 4 nitrogen and oxygen atoms in total. The standard InChI is InChI=1S/C12H20ClN3O/c1-4-5-17-12-6-11(15-8-16-12)14-7-10(13)9(2)3/h6,8-10H,4-5,7H2,1-3H3,(H,14,15,16). The van der Waals surface area contributed by atoms with E-state index in [0.717, 1.165) is 12.2 Å². The molecule has 1 N–H and O–H groups in total. The molecule has 0 radical (unpaired) electrons. The summed E-state index contributed by atoms with van der Waals surface area (Å²) in [4.78, 5) is 8.15. The first-order chi connectivity index (χ1) is 8.13. The lowest BCUT2D eigenvalue weighted by Crippen LogP contribution is -2.20. The van der Waals surface area contributed by atoms with Crippen molar-refractivity contribution >= 4 is 17.4 Å². The second-order valence-electron chi connectivity index (χ2n) is 4.23. The SMILES string of the molecule is CCCOc1cc(NCC(Cl)C(C)C)ncn1. The summed E-state index contributed by atoms with van der Waals surface area (Å²) < 4.78 is 5.43. The first-order valence-corrected chi connectivity index (χ1v) is 6.40. The van der Waals surface area contributed by atoms with Crippen LogP contribution in [0.3, 0.4) is 0 Å². The fourth-order valence-electron chi connectivity index (χ4n) is 1.16. The monoisotopic (exact) mass is 257 g/mol. The van der Waals surface area contributed by atoms with Gasteiger partial charge in [-0.25, -0.2) is 9.97 Å². The van der Waals surface area contributed by atoms with Crippen LogP contribution in [0, 0.1) is 5.92 Å². The molecule has 5 heteroatoms. The maximum absolute atomic E-state index is 6.15. The van der Waals surface area contributed by atoms with Gasteiger partial charge >= 0.3 is 0 Å². The predicted octanol–water partition coefficient (Wildman–Crippen LogP) is 2.94. The van der Waals surface area contributed by atoms with Crippen LogP contribution in [0.25, 0.3) is 0 Å². The number of halogens is 1. The molecule has 96 valence electrons. The maximum atomic E-state index is 6.15. The Hall–Kier alpha value is -1.03. The van der Waals surface area contributed by atoms with E-state index >= 15 is 0 Å². The first kappa shape index (κ1) is 14.0. The van der Waals surface area contributed by atoms with Crippen LogP contribution in [-0.4, -0.2) is 28.5 Å². The Morgan fingerprint density at radius 3 is 2.82 bits per heavy atom. The van der Waals surface area contributed by atoms with Crippen molar-refractivity contribution in [2.75, 3.05) is 18.5 Å². The third-order valence-corrected chi connectivity index (χ3v) is 2.96. The van der Waals surface area contributed by atoms with Gasteiger partial charge in [0, 0.05) is 12.6 Å². The van der Waals surface area contributed by atoms with Crippen molar-refractivity contribution in [3.63, 3.8) is 0 Å². The Morgan fingerprint density at radius 1 is 1.41 bits per heavy atom. The summed E-state index contributed by atoms with van der Waals surface area (Å²) in [6.07, 6.45) is 2.45. The lowest BCUT2D eigenvalue weighted by molar-refractivity contribution is 0.305. The summed E-state index contributed by atoms with van der Waals surface area (Å²) in [5.74, 6) is 1.78. The van der Waals surface area contributed by atoms with Crippen molar-refractivity contribution in [2.45, 2.75) is 32.6 Å². The molecule has 1 atom stereocenters. The molecule has 1 aromatic heterocycles. The van der Waals surface area contributed by atoms with Gasteiger partial charge in [-0.2, -0.15) is 0 Å². The minimum absolute atomic E-state index is 0.0879. The Morgan fingerprint density at radius 2 is 2.18 bits per heavy atom. The molecule has 0 saturated carbocycles. The van der Waals surface area contributed by atoms with E-state index in [9.17, 15) is 0 Å². The molecule has 0 saturated heterocycles. The molecule has 1 rings (SSSR count). The smallest absolute Gasteiger partial charge is 0.218 e. The molecule has 1 unspecified atom stereocenters. The van der Waals surface area contributed by atoms with Crippen molar-refractivity contribution in [3.05, 3.63) is 12.4 Å². The van der Waals surface area contributed by atoms with Crippen LogP contribution < -0.4 is 10.1 Å². The normalized spacial score (nSPS) is 12.5. The molecule has 1 heterocycles. The second kappa shape index (κ2) is 7.33. The number of rotatable bonds is 7. The third-order valence-electron chi connectivity index (χ3n) is 2.30. The summed E-state index contributed by atoms with van der Waals surface area (Å²) in [5, 5.41) is 3.27. The van der Waals surface area contributed by atoms with Crippen molar-refractivity contribution in [1.82, 2.24) is 9.97 Å². The number of alkyl halides is 1. The second-order valence-corrected chi connectivity index (χ2v) is 4.79. The summed E-state index contributed by atoms with van der Waals surface area (Å²) in [6.45, 7) is 7.59. The molecule has 0 aliphatic heterocycles. The summed E-state index contributed by atoms with van der Waals surface area (Å²) in [7, 11) is 0. The van der Waals surface area contributed by atoms with Crippen LogP contribution in [-0.2, 0) is 0 Å². The average Bonchev–Trinajstić information content (AvgIpc) is 2.33. The van der Waals surface area contributed by atoms with E-state index in [2.05, 4.69) is 36.1 Å². The molecule has 0 fully saturated rings. The Kier molecular flexibility index (Phi) is 6.05. The molecule has 0 spiro atoms. The van der Waals surface area contributed by atoms with Gasteiger partial charge < -0.3 is 10.1 Å². The molecule has 0 aliphatic rings. The molecule has 0 aromatic carbocycles. The molecule has 0 amide bonds. The van der Waals surface area contributed by atoms with Crippen LogP contribution in [0.4, 0.5) is 5.82 Å². The average molecular weight is 258 g/mol. The molecule has 17 heavy (non-hydrogen) atoms. The number of nitrogens with one attached hydrogen (secondary N) is 1. The van der Waals surface area contributed by atoms with Crippen molar-refractivity contribution < 1.29 is 4.74 Å². The zero-order chi connectivity index (χ0) is 12.7. The van der Waals surface area contributed by atoms with Crippen molar-refractivity contribution in [3.8, 4) is 5.88 Å². The van der Waals surface area contributed by atoms with E-state index in [1.54, 1.807) is 6.07 Å². The van der Waals surface area contributed by atoms with Gasteiger partial charge in [0.1, 0.15) is 12.1 Å². The lowest BCUT2D eigenvalue weighted by Gasteiger charge is -2.14. The maximum Gasteiger partial charge on any atom is 0.218 e. The number of aromatic nitrogens is 2. The largest absolute Gasteiger partial charge is 0.478 e. The Balaban J connectivity index is 2.48. The zero-order valence-corrected chi connectivity index (χ0v) is 11.4. The van der Waals surface area contributed by atoms with Gasteiger partial charge in [-0.05, 0) is 12.3 Å². The van der Waals surface area contributed by atoms with Gasteiger partial charge in [0.25, 0.3) is 0 Å². The van der Waals surface area contributed by atoms with Gasteiger partial charge in [-0.15, -0.1) is 11.6 Å². The molecule has 0 bridgehead atoms. The van der Waals surface area contributed by atoms with Gasteiger partial charge in [0.15, 0.2) is 0 Å². The van der Waals surface area contributed by atoms with E-state index < -0.39 is 0 Å². The van der Waals surface area contributed by atoms with E-state index in [-0.39, 0.29) is 5.38 Å². The summed E-state index contributed by atoms with van der Waals surface area (Å²) in [6, 6.07) is 1.79. The third kappa shape index (κ3) is 5.22. The van der Waals surface area contributed by atoms with Crippen molar-refractivity contribution in [2.24, 2.45) is 5.92 Å². The van der Waals surface area contributed by atoms with Crippen molar-refractivity contribution in [1.29, 1.82) is 0 Å². The van der Waals surface area contributed by atoms with Gasteiger partial charge in [-0.1, -0.05) is 20.8 Å². The van der Waals surface area contributed by atoms with Crippen LogP contribution in [0.5, 0.6) is 5.88 Å². The van der Waals surface area contributed by atoms with E-state index in [4.69, 9.17) is 16.3 Å². The van der Waals surface area contributed by atoms with E-state index in [0.29, 0.717) is 24.9 Å².